The minimum absolute atomic E-state index is 0.0137. The molecule has 2 aliphatic rings. The number of phenolic OH excluding ortho intramolecular Hbond substituents is 2. The van der Waals surface area contributed by atoms with Gasteiger partial charge in [0.2, 0.25) is 0 Å². The standard InChI is InChI=1S/C37H29N5O8/c1-17-30(43)28(24-15-14-23-34(38-24)41(36(47)39-35(23)46)19-6-10-21(48-4)11-7-19)32-29(31(17)44)37(3)26(50-32)16-25-27(33(37)45)18(2)40-42(25)20-8-12-22(49-5)13-9-20/h6-16,43-44H,1-5H3,(H,39,46,47)/t37-/m0/s1. The van der Waals surface area contributed by atoms with Gasteiger partial charge >= 0.3 is 5.69 Å². The molecule has 0 radical (unpaired) electrons. The first-order valence-corrected chi connectivity index (χ1v) is 15.6. The molecular formula is C37H29N5O8. The van der Waals surface area contributed by atoms with Crippen LogP contribution in [0.5, 0.6) is 28.7 Å². The summed E-state index contributed by atoms with van der Waals surface area (Å²) >= 11 is 0. The Balaban J connectivity index is 1.35. The number of ether oxygens (including phenoxy) is 3. The number of nitrogens with one attached hydrogen (secondary N) is 1. The summed E-state index contributed by atoms with van der Waals surface area (Å²) in [6.07, 6.45) is 1.71. The van der Waals surface area contributed by atoms with Crippen LogP contribution in [0.1, 0.15) is 39.8 Å². The molecular weight excluding hydrogens is 642 g/mol. The van der Waals surface area contributed by atoms with Crippen LogP contribution < -0.4 is 25.5 Å². The number of rotatable bonds is 5. The molecule has 50 heavy (non-hydrogen) atoms. The Kier molecular flexibility index (Phi) is 6.56. The van der Waals surface area contributed by atoms with Crippen LogP contribution >= 0.6 is 0 Å². The van der Waals surface area contributed by atoms with Gasteiger partial charge in [0.15, 0.2) is 11.4 Å². The monoisotopic (exact) mass is 671 g/mol. The molecule has 250 valence electrons. The average molecular weight is 672 g/mol. The normalized spacial score (nSPS) is 16.0. The largest absolute Gasteiger partial charge is 0.507 e. The van der Waals surface area contributed by atoms with Crippen molar-refractivity contribution >= 4 is 22.9 Å². The van der Waals surface area contributed by atoms with Gasteiger partial charge < -0.3 is 24.4 Å². The Morgan fingerprint density at radius 1 is 0.840 bits per heavy atom. The number of benzene rings is 3. The second kappa shape index (κ2) is 10.7. The second-order valence-corrected chi connectivity index (χ2v) is 12.3. The van der Waals surface area contributed by atoms with Gasteiger partial charge in [0, 0.05) is 11.6 Å². The van der Waals surface area contributed by atoms with Gasteiger partial charge in [0.05, 0.1) is 64.8 Å². The zero-order valence-electron chi connectivity index (χ0n) is 27.5. The van der Waals surface area contributed by atoms with Gasteiger partial charge in [0.1, 0.15) is 39.9 Å². The number of fused-ring (bicyclic) bond motifs is 5. The van der Waals surface area contributed by atoms with Crippen molar-refractivity contribution in [2.24, 2.45) is 0 Å². The highest BCUT2D eigenvalue weighted by molar-refractivity contribution is 6.14. The van der Waals surface area contributed by atoms with Crippen molar-refractivity contribution in [3.8, 4) is 51.4 Å². The number of allylic oxidation sites excluding steroid dienone is 1. The van der Waals surface area contributed by atoms with Crippen LogP contribution in [0.2, 0.25) is 0 Å². The highest BCUT2D eigenvalue weighted by Crippen LogP contribution is 2.60. The molecule has 1 atom stereocenters. The molecule has 0 unspecified atom stereocenters. The SMILES string of the molecule is COc1ccc(-n2nc(C)c3c2C=C2Oc4c(-c5ccc6c(=O)[nH]c(=O)n(-c7ccc(OC)cc7)c6n5)c(O)c(C)c(O)c4[C@@]2(C)C3=O)cc1. The lowest BCUT2D eigenvalue weighted by atomic mass is 9.71. The van der Waals surface area contributed by atoms with Crippen molar-refractivity contribution in [3.63, 3.8) is 0 Å². The topological polar surface area (TPSA) is 171 Å². The summed E-state index contributed by atoms with van der Waals surface area (Å²) < 4.78 is 19.9. The number of ketones is 1. The number of aromatic amines is 1. The number of carbonyl (C=O) groups excluding carboxylic acids is 1. The average Bonchev–Trinajstić information content (AvgIpc) is 3.61. The van der Waals surface area contributed by atoms with Gasteiger partial charge in [-0.3, -0.25) is 14.6 Å². The predicted molar refractivity (Wildman–Crippen MR) is 183 cm³/mol. The van der Waals surface area contributed by atoms with Crippen molar-refractivity contribution in [3.05, 3.63) is 115 Å². The van der Waals surface area contributed by atoms with Crippen molar-refractivity contribution in [1.29, 1.82) is 0 Å². The molecule has 3 aromatic carbocycles. The van der Waals surface area contributed by atoms with Crippen LogP contribution in [-0.2, 0) is 5.41 Å². The first-order valence-electron chi connectivity index (χ1n) is 15.6. The van der Waals surface area contributed by atoms with Gasteiger partial charge in [-0.05, 0) is 81.4 Å². The number of Topliss-reactive ketones (excluding diaryl/α,β-unsaturated/α-hetero) is 1. The molecule has 1 aliphatic carbocycles. The van der Waals surface area contributed by atoms with E-state index in [0.717, 1.165) is 0 Å². The summed E-state index contributed by atoms with van der Waals surface area (Å²) in [5, 5.41) is 27.9. The van der Waals surface area contributed by atoms with Gasteiger partial charge in [-0.15, -0.1) is 0 Å². The van der Waals surface area contributed by atoms with Crippen LogP contribution in [0.25, 0.3) is 39.7 Å². The quantitative estimate of drug-likeness (QED) is 0.230. The zero-order valence-corrected chi connectivity index (χ0v) is 27.5. The molecule has 1 aliphatic heterocycles. The molecule has 0 amide bonds. The molecule has 0 fully saturated rings. The second-order valence-electron chi connectivity index (χ2n) is 12.3. The number of pyridine rings is 1. The highest BCUT2D eigenvalue weighted by atomic mass is 16.5. The van der Waals surface area contributed by atoms with Crippen LogP contribution in [0.3, 0.4) is 0 Å². The maximum Gasteiger partial charge on any atom is 0.334 e. The first-order chi connectivity index (χ1) is 24.0. The minimum atomic E-state index is -1.49. The molecule has 4 heterocycles. The van der Waals surface area contributed by atoms with Crippen LogP contribution in [0, 0.1) is 13.8 Å². The van der Waals surface area contributed by atoms with E-state index in [1.165, 1.54) is 30.7 Å². The van der Waals surface area contributed by atoms with E-state index in [4.69, 9.17) is 19.2 Å². The van der Waals surface area contributed by atoms with E-state index >= 15 is 0 Å². The van der Waals surface area contributed by atoms with Crippen LogP contribution in [0.15, 0.2) is 76.0 Å². The summed E-state index contributed by atoms with van der Waals surface area (Å²) in [5.41, 5.74) is 0.0492. The Labute approximate surface area is 283 Å². The van der Waals surface area contributed by atoms with Crippen molar-refractivity contribution in [2.45, 2.75) is 26.2 Å². The third-order valence-corrected chi connectivity index (χ3v) is 9.55. The summed E-state index contributed by atoms with van der Waals surface area (Å²) in [7, 11) is 3.09. The van der Waals surface area contributed by atoms with Gasteiger partial charge in [0.25, 0.3) is 5.56 Å². The smallest absolute Gasteiger partial charge is 0.334 e. The molecule has 0 saturated carbocycles. The molecule has 13 heteroatoms. The molecule has 0 bridgehead atoms. The molecule has 0 spiro atoms. The maximum absolute atomic E-state index is 14.6. The van der Waals surface area contributed by atoms with E-state index in [9.17, 15) is 24.6 Å². The summed E-state index contributed by atoms with van der Waals surface area (Å²) in [5.74, 6) is 0.464. The molecule has 6 aromatic rings. The third-order valence-electron chi connectivity index (χ3n) is 9.55. The maximum atomic E-state index is 14.6. The summed E-state index contributed by atoms with van der Waals surface area (Å²) in [6, 6.07) is 16.8. The highest BCUT2D eigenvalue weighted by Gasteiger charge is 2.55. The number of aromatic nitrogens is 5. The van der Waals surface area contributed by atoms with E-state index in [2.05, 4.69) is 10.1 Å². The Morgan fingerprint density at radius 2 is 1.48 bits per heavy atom. The summed E-state index contributed by atoms with van der Waals surface area (Å²) in [4.78, 5) is 47.7. The van der Waals surface area contributed by atoms with Crippen molar-refractivity contribution in [2.75, 3.05) is 14.2 Å². The predicted octanol–water partition coefficient (Wildman–Crippen LogP) is 4.86. The zero-order chi connectivity index (χ0) is 35.2. The van der Waals surface area contributed by atoms with Gasteiger partial charge in [-0.1, -0.05) is 0 Å². The van der Waals surface area contributed by atoms with E-state index in [1.807, 2.05) is 12.1 Å². The number of H-pyrrole nitrogens is 1. The van der Waals surface area contributed by atoms with E-state index in [1.54, 1.807) is 68.1 Å². The molecule has 0 saturated heterocycles. The van der Waals surface area contributed by atoms with E-state index in [0.29, 0.717) is 39.8 Å². The number of hydrogen-bond donors (Lipinski definition) is 3. The first kappa shape index (κ1) is 30.7. The lowest BCUT2D eigenvalue weighted by Gasteiger charge is -2.27. The molecule has 13 nitrogen and oxygen atoms in total. The fourth-order valence-corrected chi connectivity index (χ4v) is 6.84. The number of carbonyl (C=O) groups is 1. The Hall–Kier alpha value is -6.63. The van der Waals surface area contributed by atoms with Crippen molar-refractivity contribution < 1.29 is 29.2 Å². The lowest BCUT2D eigenvalue weighted by molar-refractivity contribution is 0.0905. The lowest BCUT2D eigenvalue weighted by Crippen LogP contribution is -2.36. The number of aryl methyl sites for hydroxylation is 1. The Morgan fingerprint density at radius 3 is 2.12 bits per heavy atom. The van der Waals surface area contributed by atoms with Crippen molar-refractivity contribution in [1.82, 2.24) is 24.3 Å². The molecule has 3 aromatic heterocycles. The number of hydrogen-bond acceptors (Lipinski definition) is 10. The van der Waals surface area contributed by atoms with E-state index < -0.39 is 16.7 Å². The summed E-state index contributed by atoms with van der Waals surface area (Å²) in [6.45, 7) is 4.92. The Bertz CT molecular complexity index is 2600. The third kappa shape index (κ3) is 4.09. The minimum Gasteiger partial charge on any atom is -0.507 e. The van der Waals surface area contributed by atoms with Crippen LogP contribution in [-0.4, -0.2) is 54.5 Å². The van der Waals surface area contributed by atoms with Gasteiger partial charge in [-0.25, -0.2) is 19.0 Å². The number of phenols is 2. The van der Waals surface area contributed by atoms with Crippen LogP contribution in [0.4, 0.5) is 0 Å². The van der Waals surface area contributed by atoms with Gasteiger partial charge in [-0.2, -0.15) is 5.10 Å². The van der Waals surface area contributed by atoms with E-state index in [-0.39, 0.29) is 62.2 Å². The molecule has 3 N–H and O–H groups in total. The fourth-order valence-electron chi connectivity index (χ4n) is 6.84. The fraction of sp³-hybridized carbons (Fsp3) is 0.162. The molecule has 8 rings (SSSR count). The number of methoxy groups -OCH3 is 2. The number of aromatic hydroxyl groups is 2. The number of nitrogens with zero attached hydrogens (tertiary/aromatic N) is 4.